The van der Waals surface area contributed by atoms with Gasteiger partial charge in [0.05, 0.1) is 19.1 Å². The normalized spacial score (nSPS) is 16.8. The smallest absolute Gasteiger partial charge is 0.323 e. The maximum absolute atomic E-state index is 13.3. The van der Waals surface area contributed by atoms with Crippen LogP contribution in [0.4, 0.5) is 5.69 Å². The molecule has 0 bridgehead atoms. The van der Waals surface area contributed by atoms with Crippen molar-refractivity contribution in [3.63, 3.8) is 0 Å². The minimum absolute atomic E-state index is 0.0288. The Kier molecular flexibility index (Phi) is 6.92. The Bertz CT molecular complexity index is 926. The van der Waals surface area contributed by atoms with Gasteiger partial charge in [-0.3, -0.25) is 14.4 Å². The first-order valence-corrected chi connectivity index (χ1v) is 10.7. The van der Waals surface area contributed by atoms with Gasteiger partial charge in [0.15, 0.2) is 5.41 Å². The molecule has 0 fully saturated rings. The molecule has 7 heteroatoms. The molecule has 0 aliphatic heterocycles. The quantitative estimate of drug-likeness (QED) is 0.501. The molecule has 1 amide bonds. The Morgan fingerprint density at radius 2 is 1.63 bits per heavy atom. The van der Waals surface area contributed by atoms with Crippen molar-refractivity contribution in [1.29, 1.82) is 0 Å². The monoisotopic (exact) mass is 473 g/mol. The number of benzene rings is 2. The second kappa shape index (κ2) is 9.43. The highest BCUT2D eigenvalue weighted by Gasteiger charge is 2.55. The summed E-state index contributed by atoms with van der Waals surface area (Å²) in [5.41, 5.74) is 0.582. The zero-order valence-electron chi connectivity index (χ0n) is 16.9. The molecule has 1 aliphatic carbocycles. The highest BCUT2D eigenvalue weighted by Crippen LogP contribution is 2.47. The molecular weight excluding hydrogens is 450 g/mol. The number of carbonyl (C=O) groups excluding carboxylic acids is 3. The summed E-state index contributed by atoms with van der Waals surface area (Å²) in [6, 6.07) is 14.6. The molecule has 1 N–H and O–H groups in total. The van der Waals surface area contributed by atoms with Gasteiger partial charge in [-0.1, -0.05) is 46.3 Å². The predicted molar refractivity (Wildman–Crippen MR) is 116 cm³/mol. The molecule has 0 saturated heterocycles. The number of ether oxygens (including phenoxy) is 2. The van der Waals surface area contributed by atoms with Crippen LogP contribution in [0.5, 0.6) is 0 Å². The van der Waals surface area contributed by atoms with E-state index in [2.05, 4.69) is 21.2 Å². The number of para-hydroxylation sites is 1. The summed E-state index contributed by atoms with van der Waals surface area (Å²) in [6.45, 7) is 3.63. The van der Waals surface area contributed by atoms with Crippen LogP contribution in [0.3, 0.4) is 0 Å². The highest BCUT2D eigenvalue weighted by atomic mass is 79.9. The lowest BCUT2D eigenvalue weighted by Crippen LogP contribution is -2.49. The summed E-state index contributed by atoms with van der Waals surface area (Å²) in [7, 11) is 0. The first-order chi connectivity index (χ1) is 14.4. The van der Waals surface area contributed by atoms with Gasteiger partial charge in [-0.15, -0.1) is 0 Å². The lowest BCUT2D eigenvalue weighted by molar-refractivity contribution is -0.173. The van der Waals surface area contributed by atoms with Crippen LogP contribution in [0.25, 0.3) is 0 Å². The maximum Gasteiger partial charge on any atom is 0.323 e. The molecule has 0 radical (unpaired) electrons. The Hall–Kier alpha value is -2.67. The van der Waals surface area contributed by atoms with Crippen LogP contribution >= 0.6 is 15.9 Å². The number of nitrogens with one attached hydrogen (secondary N) is 1. The molecule has 1 unspecified atom stereocenters. The van der Waals surface area contributed by atoms with Crippen molar-refractivity contribution in [3.05, 3.63) is 64.1 Å². The van der Waals surface area contributed by atoms with Gasteiger partial charge in [-0.2, -0.15) is 0 Å². The van der Waals surface area contributed by atoms with Crippen molar-refractivity contribution in [3.8, 4) is 0 Å². The largest absolute Gasteiger partial charge is 0.465 e. The second-order valence-corrected chi connectivity index (χ2v) is 7.98. The lowest BCUT2D eigenvalue weighted by atomic mass is 9.66. The zero-order chi connectivity index (χ0) is 21.7. The minimum atomic E-state index is -1.57. The summed E-state index contributed by atoms with van der Waals surface area (Å²) in [5.74, 6) is -2.36. The number of anilines is 1. The van der Waals surface area contributed by atoms with Crippen molar-refractivity contribution in [2.75, 3.05) is 18.5 Å². The van der Waals surface area contributed by atoms with E-state index in [0.29, 0.717) is 5.69 Å². The summed E-state index contributed by atoms with van der Waals surface area (Å²) >= 11 is 3.54. The van der Waals surface area contributed by atoms with Gasteiger partial charge in [0, 0.05) is 10.2 Å². The highest BCUT2D eigenvalue weighted by molar-refractivity contribution is 9.10. The molecule has 158 valence electrons. The Balaban J connectivity index is 2.07. The number of esters is 2. The zero-order valence-corrected chi connectivity index (χ0v) is 18.5. The average molecular weight is 474 g/mol. The van der Waals surface area contributed by atoms with Gasteiger partial charge in [-0.25, -0.2) is 0 Å². The van der Waals surface area contributed by atoms with Gasteiger partial charge in [-0.05, 0) is 56.0 Å². The first-order valence-electron chi connectivity index (χ1n) is 9.90. The standard InChI is InChI=1S/C23H24BrNO5/c1-3-29-21(27)23(22(28)30-4-2)13-15-9-8-12-18(24)19(15)17(14-23)20(26)25-16-10-6-5-7-11-16/h5-12,17H,3-4,13-14H2,1-2H3,(H,25,26). The van der Waals surface area contributed by atoms with Crippen molar-refractivity contribution < 1.29 is 23.9 Å². The van der Waals surface area contributed by atoms with Gasteiger partial charge >= 0.3 is 11.9 Å². The number of hydrogen-bond donors (Lipinski definition) is 1. The van der Waals surface area contributed by atoms with Crippen LogP contribution in [0.15, 0.2) is 53.0 Å². The van der Waals surface area contributed by atoms with E-state index < -0.39 is 23.3 Å². The van der Waals surface area contributed by atoms with Crippen LogP contribution in [-0.2, 0) is 30.3 Å². The van der Waals surface area contributed by atoms with Gasteiger partial charge < -0.3 is 14.8 Å². The molecule has 6 nitrogen and oxygen atoms in total. The van der Waals surface area contributed by atoms with Crippen molar-refractivity contribution in [2.24, 2.45) is 5.41 Å². The number of fused-ring (bicyclic) bond motifs is 1. The minimum Gasteiger partial charge on any atom is -0.465 e. The third-order valence-corrected chi connectivity index (χ3v) is 5.92. The number of rotatable bonds is 6. The molecule has 1 aliphatic rings. The summed E-state index contributed by atoms with van der Waals surface area (Å²) < 4.78 is 11.3. The Labute approximate surface area is 184 Å². The van der Waals surface area contributed by atoms with E-state index >= 15 is 0 Å². The summed E-state index contributed by atoms with van der Waals surface area (Å²) in [6.07, 6.45) is 0.0908. The Morgan fingerprint density at radius 1 is 1.00 bits per heavy atom. The van der Waals surface area contributed by atoms with E-state index in [1.165, 1.54) is 0 Å². The fourth-order valence-electron chi connectivity index (χ4n) is 3.88. The summed E-state index contributed by atoms with van der Waals surface area (Å²) in [4.78, 5) is 39.3. The molecule has 3 rings (SSSR count). The van der Waals surface area contributed by atoms with E-state index in [-0.39, 0.29) is 32.0 Å². The van der Waals surface area contributed by atoms with Crippen LogP contribution in [0.1, 0.15) is 37.3 Å². The van der Waals surface area contributed by atoms with Crippen molar-refractivity contribution in [2.45, 2.75) is 32.6 Å². The van der Waals surface area contributed by atoms with E-state index in [4.69, 9.17) is 9.47 Å². The van der Waals surface area contributed by atoms with Crippen LogP contribution in [0, 0.1) is 5.41 Å². The van der Waals surface area contributed by atoms with Gasteiger partial charge in [0.25, 0.3) is 0 Å². The van der Waals surface area contributed by atoms with E-state index in [1.54, 1.807) is 26.0 Å². The fourth-order valence-corrected chi connectivity index (χ4v) is 4.56. The number of halogens is 1. The molecule has 2 aromatic rings. The molecular formula is C23H24BrNO5. The van der Waals surface area contributed by atoms with Crippen molar-refractivity contribution in [1.82, 2.24) is 0 Å². The van der Waals surface area contributed by atoms with Gasteiger partial charge in [0.1, 0.15) is 0 Å². The molecule has 30 heavy (non-hydrogen) atoms. The molecule has 1 atom stereocenters. The fraction of sp³-hybridized carbons (Fsp3) is 0.348. The number of carbonyl (C=O) groups is 3. The van der Waals surface area contributed by atoms with Crippen LogP contribution < -0.4 is 5.32 Å². The number of hydrogen-bond acceptors (Lipinski definition) is 5. The maximum atomic E-state index is 13.3. The molecule has 0 aromatic heterocycles. The lowest BCUT2D eigenvalue weighted by Gasteiger charge is -2.38. The number of amides is 1. The third-order valence-electron chi connectivity index (χ3n) is 5.23. The SMILES string of the molecule is CCOC(=O)C1(C(=O)OCC)Cc2cccc(Br)c2C(C(=O)Nc2ccccc2)C1. The first kappa shape index (κ1) is 22.0. The molecule has 0 spiro atoms. The molecule has 0 saturated carbocycles. The van der Waals surface area contributed by atoms with Gasteiger partial charge in [0.2, 0.25) is 5.91 Å². The average Bonchev–Trinajstić information content (AvgIpc) is 2.74. The predicted octanol–water partition coefficient (Wildman–Crippen LogP) is 4.23. The van der Waals surface area contributed by atoms with Crippen LogP contribution in [-0.4, -0.2) is 31.1 Å². The van der Waals surface area contributed by atoms with Crippen LogP contribution in [0.2, 0.25) is 0 Å². The Morgan fingerprint density at radius 3 is 2.23 bits per heavy atom. The molecule has 0 heterocycles. The van der Waals surface area contributed by atoms with E-state index in [0.717, 1.165) is 15.6 Å². The second-order valence-electron chi connectivity index (χ2n) is 7.12. The van der Waals surface area contributed by atoms with E-state index in [1.807, 2.05) is 36.4 Å². The topological polar surface area (TPSA) is 81.7 Å². The molecule has 2 aromatic carbocycles. The van der Waals surface area contributed by atoms with E-state index in [9.17, 15) is 14.4 Å². The van der Waals surface area contributed by atoms with Crippen molar-refractivity contribution >= 4 is 39.5 Å². The summed E-state index contributed by atoms with van der Waals surface area (Å²) in [5, 5.41) is 2.90. The third kappa shape index (κ3) is 4.26.